The second-order valence-electron chi connectivity index (χ2n) is 8.66. The molecule has 180 valence electrons. The van der Waals surface area contributed by atoms with Crippen molar-refractivity contribution < 1.29 is 26.0 Å². The Balaban J connectivity index is 1.83. The number of amides is 1. The number of sulfonamides is 1. The van der Waals surface area contributed by atoms with Crippen LogP contribution in [0.2, 0.25) is 0 Å². The summed E-state index contributed by atoms with van der Waals surface area (Å²) in [6, 6.07) is 11.3. The molecule has 2 atom stereocenters. The van der Waals surface area contributed by atoms with Crippen LogP contribution in [0, 0.1) is 11.7 Å². The molecule has 1 aliphatic rings. The maximum atomic E-state index is 14.1. The molecular weight excluding hydrogens is 467 g/mol. The molecule has 1 aliphatic heterocycles. The lowest BCUT2D eigenvalue weighted by atomic mass is 10.0. The van der Waals surface area contributed by atoms with Crippen molar-refractivity contribution in [3.05, 3.63) is 60.4 Å². The topological polar surface area (TPSA) is 101 Å². The van der Waals surface area contributed by atoms with Gasteiger partial charge in [-0.25, -0.2) is 21.2 Å². The van der Waals surface area contributed by atoms with Gasteiger partial charge in [-0.1, -0.05) is 44.2 Å². The van der Waals surface area contributed by atoms with Crippen LogP contribution in [-0.4, -0.2) is 52.0 Å². The molecule has 0 spiro atoms. The van der Waals surface area contributed by atoms with Crippen LogP contribution in [-0.2, 0) is 24.7 Å². The number of sulfone groups is 1. The number of hydrogen-bond acceptors (Lipinski definition) is 5. The Labute approximate surface area is 195 Å². The SMILES string of the molecule is CC(C)CC(NS(=O)(=O)c1ccccc1F)C(=O)N1CCCC1CS(=O)(=O)c1ccccc1. The number of carbonyl (C=O) groups excluding carboxylic acids is 1. The van der Waals surface area contributed by atoms with Crippen molar-refractivity contribution in [1.29, 1.82) is 0 Å². The summed E-state index contributed by atoms with van der Waals surface area (Å²) in [6.45, 7) is 4.03. The van der Waals surface area contributed by atoms with Gasteiger partial charge >= 0.3 is 0 Å². The van der Waals surface area contributed by atoms with Gasteiger partial charge in [0.1, 0.15) is 16.8 Å². The second-order valence-corrected chi connectivity index (χ2v) is 12.4. The molecule has 2 aromatic carbocycles. The third kappa shape index (κ3) is 6.18. The van der Waals surface area contributed by atoms with E-state index in [2.05, 4.69) is 4.72 Å². The molecule has 3 rings (SSSR count). The van der Waals surface area contributed by atoms with Crippen molar-refractivity contribution in [2.45, 2.75) is 55.0 Å². The molecule has 0 aliphatic carbocycles. The molecule has 33 heavy (non-hydrogen) atoms. The van der Waals surface area contributed by atoms with Gasteiger partial charge in [-0.05, 0) is 49.4 Å². The van der Waals surface area contributed by atoms with Crippen molar-refractivity contribution >= 4 is 25.8 Å². The fourth-order valence-electron chi connectivity index (χ4n) is 4.06. The van der Waals surface area contributed by atoms with E-state index in [0.29, 0.717) is 19.4 Å². The highest BCUT2D eigenvalue weighted by Gasteiger charge is 2.38. The number of nitrogens with zero attached hydrogens (tertiary/aromatic N) is 1. The van der Waals surface area contributed by atoms with E-state index in [9.17, 15) is 26.0 Å². The molecule has 2 unspecified atom stereocenters. The highest BCUT2D eigenvalue weighted by Crippen LogP contribution is 2.25. The third-order valence-electron chi connectivity index (χ3n) is 5.60. The van der Waals surface area contributed by atoms with Crippen molar-refractivity contribution in [2.75, 3.05) is 12.3 Å². The van der Waals surface area contributed by atoms with Crippen molar-refractivity contribution in [1.82, 2.24) is 9.62 Å². The normalized spacial score (nSPS) is 17.9. The van der Waals surface area contributed by atoms with E-state index in [4.69, 9.17) is 0 Å². The molecule has 1 heterocycles. The first-order valence-electron chi connectivity index (χ1n) is 10.9. The average Bonchev–Trinajstić information content (AvgIpc) is 3.20. The van der Waals surface area contributed by atoms with Crippen molar-refractivity contribution in [2.24, 2.45) is 5.92 Å². The van der Waals surface area contributed by atoms with Gasteiger partial charge in [0.05, 0.1) is 10.6 Å². The van der Waals surface area contributed by atoms with Gasteiger partial charge in [0.2, 0.25) is 15.9 Å². The smallest absolute Gasteiger partial charge is 0.244 e. The number of rotatable bonds is 9. The molecular formula is C23H29FN2O5S2. The van der Waals surface area contributed by atoms with Crippen LogP contribution in [0.25, 0.3) is 0 Å². The van der Waals surface area contributed by atoms with E-state index < -0.39 is 48.6 Å². The number of halogens is 1. The first kappa shape index (κ1) is 25.3. The Morgan fingerprint density at radius 1 is 1.06 bits per heavy atom. The molecule has 1 N–H and O–H groups in total. The number of likely N-dealkylation sites (tertiary alicyclic amines) is 1. The molecule has 0 saturated carbocycles. The first-order chi connectivity index (χ1) is 15.5. The molecule has 10 heteroatoms. The lowest BCUT2D eigenvalue weighted by molar-refractivity contribution is -0.133. The quantitative estimate of drug-likeness (QED) is 0.575. The number of carbonyl (C=O) groups is 1. The van der Waals surface area contributed by atoms with E-state index in [1.807, 2.05) is 13.8 Å². The number of nitrogens with one attached hydrogen (secondary N) is 1. The van der Waals surface area contributed by atoms with Crippen LogP contribution in [0.1, 0.15) is 33.1 Å². The predicted molar refractivity (Wildman–Crippen MR) is 123 cm³/mol. The van der Waals surface area contributed by atoms with Crippen LogP contribution in [0.15, 0.2) is 64.4 Å². The minimum absolute atomic E-state index is 0.0311. The standard InChI is InChI=1S/C23H29FN2O5S2/c1-17(2)15-21(25-33(30,31)22-13-7-6-12-20(22)24)23(27)26-14-8-9-18(26)16-32(28,29)19-10-4-3-5-11-19/h3-7,10-13,17-18,21,25H,8-9,14-16H2,1-2H3. The van der Waals surface area contributed by atoms with E-state index in [-0.39, 0.29) is 23.0 Å². The fraction of sp³-hybridized carbons (Fsp3) is 0.435. The fourth-order valence-corrected chi connectivity index (χ4v) is 6.96. The zero-order valence-corrected chi connectivity index (χ0v) is 20.3. The van der Waals surface area contributed by atoms with Crippen LogP contribution >= 0.6 is 0 Å². The van der Waals surface area contributed by atoms with Gasteiger partial charge in [0.25, 0.3) is 0 Å². The van der Waals surface area contributed by atoms with Crippen LogP contribution < -0.4 is 4.72 Å². The molecule has 2 aromatic rings. The Morgan fingerprint density at radius 3 is 2.33 bits per heavy atom. The lowest BCUT2D eigenvalue weighted by Gasteiger charge is -2.30. The number of benzene rings is 2. The zero-order chi connectivity index (χ0) is 24.2. The summed E-state index contributed by atoms with van der Waals surface area (Å²) in [4.78, 5) is 14.5. The van der Waals surface area contributed by atoms with Crippen molar-refractivity contribution in [3.63, 3.8) is 0 Å². The number of hydrogen-bond donors (Lipinski definition) is 1. The minimum Gasteiger partial charge on any atom is -0.337 e. The van der Waals surface area contributed by atoms with Gasteiger partial charge in [-0.2, -0.15) is 4.72 Å². The van der Waals surface area contributed by atoms with Crippen molar-refractivity contribution in [3.8, 4) is 0 Å². The molecule has 1 saturated heterocycles. The third-order valence-corrected chi connectivity index (χ3v) is 8.92. The van der Waals surface area contributed by atoms with Gasteiger partial charge in [0, 0.05) is 12.6 Å². The van der Waals surface area contributed by atoms with E-state index in [0.717, 1.165) is 12.1 Å². The molecule has 0 aromatic heterocycles. The van der Waals surface area contributed by atoms with Gasteiger partial charge in [0.15, 0.2) is 9.84 Å². The molecule has 7 nitrogen and oxygen atoms in total. The van der Waals surface area contributed by atoms with E-state index in [1.165, 1.54) is 29.2 Å². The Morgan fingerprint density at radius 2 is 1.70 bits per heavy atom. The van der Waals surface area contributed by atoms with E-state index in [1.54, 1.807) is 18.2 Å². The van der Waals surface area contributed by atoms with Gasteiger partial charge in [-0.3, -0.25) is 4.79 Å². The van der Waals surface area contributed by atoms with Gasteiger partial charge < -0.3 is 4.90 Å². The maximum absolute atomic E-state index is 14.1. The summed E-state index contributed by atoms with van der Waals surface area (Å²) in [5, 5.41) is 0. The summed E-state index contributed by atoms with van der Waals surface area (Å²) >= 11 is 0. The Bertz CT molecular complexity index is 1180. The van der Waals surface area contributed by atoms with Crippen LogP contribution in [0.4, 0.5) is 4.39 Å². The first-order valence-corrected chi connectivity index (χ1v) is 14.0. The lowest BCUT2D eigenvalue weighted by Crippen LogP contribution is -2.51. The molecule has 1 amide bonds. The molecule has 1 fully saturated rings. The highest BCUT2D eigenvalue weighted by molar-refractivity contribution is 7.91. The largest absolute Gasteiger partial charge is 0.337 e. The van der Waals surface area contributed by atoms with Crippen LogP contribution in [0.3, 0.4) is 0 Å². The van der Waals surface area contributed by atoms with E-state index >= 15 is 0 Å². The average molecular weight is 497 g/mol. The second kappa shape index (κ2) is 10.3. The van der Waals surface area contributed by atoms with Crippen LogP contribution in [0.5, 0.6) is 0 Å². The summed E-state index contributed by atoms with van der Waals surface area (Å²) in [6.07, 6.45) is 1.32. The Hall–Kier alpha value is -2.30. The molecule has 0 radical (unpaired) electrons. The summed E-state index contributed by atoms with van der Waals surface area (Å²) in [5.74, 6) is -1.67. The monoisotopic (exact) mass is 496 g/mol. The summed E-state index contributed by atoms with van der Waals surface area (Å²) < 4.78 is 67.9. The molecule has 0 bridgehead atoms. The summed E-state index contributed by atoms with van der Waals surface area (Å²) in [7, 11) is -7.92. The predicted octanol–water partition coefficient (Wildman–Crippen LogP) is 2.98. The van der Waals surface area contributed by atoms with Gasteiger partial charge in [-0.15, -0.1) is 0 Å². The highest BCUT2D eigenvalue weighted by atomic mass is 32.2. The Kier molecular flexibility index (Phi) is 7.92. The summed E-state index contributed by atoms with van der Waals surface area (Å²) in [5.41, 5.74) is 0. The minimum atomic E-state index is -4.30. The maximum Gasteiger partial charge on any atom is 0.244 e. The zero-order valence-electron chi connectivity index (χ0n) is 18.6.